The van der Waals surface area contributed by atoms with Crippen molar-refractivity contribution in [1.29, 1.82) is 0 Å². The smallest absolute Gasteiger partial charge is 0.410 e. The van der Waals surface area contributed by atoms with Crippen molar-refractivity contribution in [2.75, 3.05) is 43.4 Å². The summed E-state index contributed by atoms with van der Waals surface area (Å²) >= 11 is 1.61. The number of fused-ring (bicyclic) bond motifs is 1. The first kappa shape index (κ1) is 23.3. The molecule has 1 aliphatic heterocycles. The van der Waals surface area contributed by atoms with Gasteiger partial charge in [-0.15, -0.1) is 0 Å². The number of carbonyl (C=O) groups is 1. The molecule has 0 radical (unpaired) electrons. The van der Waals surface area contributed by atoms with Crippen molar-refractivity contribution >= 4 is 38.5 Å². The number of ether oxygens (including phenoxy) is 1. The molecule has 1 N–H and O–H groups in total. The molecule has 1 amide bonds. The molecule has 2 heterocycles. The minimum Gasteiger partial charge on any atom is -0.410 e. The highest BCUT2D eigenvalue weighted by Crippen LogP contribution is 2.30. The van der Waals surface area contributed by atoms with Gasteiger partial charge in [-0.1, -0.05) is 35.6 Å². The Balaban J connectivity index is 1.18. The molecule has 35 heavy (non-hydrogen) atoms. The zero-order chi connectivity index (χ0) is 24.2. The number of benzene rings is 3. The van der Waals surface area contributed by atoms with E-state index in [-0.39, 0.29) is 5.82 Å². The molecule has 6 nitrogen and oxygen atoms in total. The number of aromatic nitrogens is 1. The standard InChI is InChI=1S/C27H27FN4O2S/c1-31(16-17-32-14-2-3-15-32)26-30-24-13-10-22(18-25(24)35-26)29-27(33)34-23-11-6-20(7-12-23)19-4-8-21(28)9-5-19/h4-13,18H,2-3,14-17H2,1H3,(H,29,33). The second-order valence-electron chi connectivity index (χ2n) is 8.70. The van der Waals surface area contributed by atoms with Crippen LogP contribution in [-0.4, -0.2) is 49.2 Å². The van der Waals surface area contributed by atoms with Crippen molar-refractivity contribution in [2.24, 2.45) is 0 Å². The van der Waals surface area contributed by atoms with E-state index in [9.17, 15) is 9.18 Å². The van der Waals surface area contributed by atoms with Gasteiger partial charge in [-0.2, -0.15) is 0 Å². The molecule has 1 fully saturated rings. The van der Waals surface area contributed by atoms with Gasteiger partial charge < -0.3 is 14.5 Å². The van der Waals surface area contributed by atoms with Gasteiger partial charge in [0.2, 0.25) is 0 Å². The maximum absolute atomic E-state index is 13.1. The number of likely N-dealkylation sites (tertiary alicyclic amines) is 1. The van der Waals surface area contributed by atoms with Crippen LogP contribution in [0.1, 0.15) is 12.8 Å². The van der Waals surface area contributed by atoms with Gasteiger partial charge >= 0.3 is 6.09 Å². The Morgan fingerprint density at radius 2 is 1.74 bits per heavy atom. The molecular weight excluding hydrogens is 463 g/mol. The number of thiazole rings is 1. The first-order valence-corrected chi connectivity index (χ1v) is 12.5. The van der Waals surface area contributed by atoms with Crippen LogP contribution in [-0.2, 0) is 0 Å². The minimum atomic E-state index is -0.564. The second-order valence-corrected chi connectivity index (χ2v) is 9.70. The van der Waals surface area contributed by atoms with Gasteiger partial charge in [-0.05, 0) is 79.5 Å². The van der Waals surface area contributed by atoms with Crippen molar-refractivity contribution in [1.82, 2.24) is 9.88 Å². The monoisotopic (exact) mass is 490 g/mol. The predicted molar refractivity (Wildman–Crippen MR) is 140 cm³/mol. The highest BCUT2D eigenvalue weighted by atomic mass is 32.1. The van der Waals surface area contributed by atoms with E-state index in [1.165, 1.54) is 38.1 Å². The van der Waals surface area contributed by atoms with Crippen LogP contribution in [0.5, 0.6) is 5.75 Å². The number of nitrogens with one attached hydrogen (secondary N) is 1. The molecular formula is C27H27FN4O2S. The van der Waals surface area contributed by atoms with E-state index in [0.717, 1.165) is 39.6 Å². The van der Waals surface area contributed by atoms with E-state index in [0.29, 0.717) is 11.4 Å². The number of amides is 1. The number of carbonyl (C=O) groups excluding carboxylic acids is 1. The van der Waals surface area contributed by atoms with Crippen molar-refractivity contribution in [3.8, 4) is 16.9 Å². The Bertz CT molecular complexity index is 1300. The summed E-state index contributed by atoms with van der Waals surface area (Å²) in [5.74, 6) is 0.150. The molecule has 5 rings (SSSR count). The van der Waals surface area contributed by atoms with E-state index < -0.39 is 6.09 Å². The Hall–Kier alpha value is -3.49. The van der Waals surface area contributed by atoms with Gasteiger partial charge in [0.25, 0.3) is 0 Å². The maximum Gasteiger partial charge on any atom is 0.417 e. The molecule has 1 aliphatic rings. The number of anilines is 2. The third-order valence-electron chi connectivity index (χ3n) is 6.14. The van der Waals surface area contributed by atoms with Gasteiger partial charge in [0.15, 0.2) is 5.13 Å². The Kier molecular flexibility index (Phi) is 6.92. The summed E-state index contributed by atoms with van der Waals surface area (Å²) < 4.78 is 19.6. The molecule has 4 aromatic rings. The Morgan fingerprint density at radius 1 is 1.06 bits per heavy atom. The molecule has 0 spiro atoms. The number of rotatable bonds is 7. The van der Waals surface area contributed by atoms with Crippen LogP contribution in [0.15, 0.2) is 66.7 Å². The number of hydrogen-bond donors (Lipinski definition) is 1. The molecule has 1 saturated heterocycles. The van der Waals surface area contributed by atoms with Crippen LogP contribution < -0.4 is 15.0 Å². The summed E-state index contributed by atoms with van der Waals surface area (Å²) in [6.07, 6.45) is 2.03. The zero-order valence-electron chi connectivity index (χ0n) is 19.5. The third-order valence-corrected chi connectivity index (χ3v) is 7.28. The van der Waals surface area contributed by atoms with E-state index in [1.54, 1.807) is 35.6 Å². The van der Waals surface area contributed by atoms with Gasteiger partial charge in [0.05, 0.1) is 10.2 Å². The van der Waals surface area contributed by atoms with Crippen LogP contribution in [0, 0.1) is 5.82 Å². The zero-order valence-corrected chi connectivity index (χ0v) is 20.4. The fourth-order valence-corrected chi connectivity index (χ4v) is 5.15. The van der Waals surface area contributed by atoms with Crippen LogP contribution in [0.4, 0.5) is 20.0 Å². The first-order chi connectivity index (χ1) is 17.0. The Labute approximate surface area is 208 Å². The fraction of sp³-hybridized carbons (Fsp3) is 0.259. The molecule has 8 heteroatoms. The fourth-order valence-electron chi connectivity index (χ4n) is 4.15. The van der Waals surface area contributed by atoms with Gasteiger partial charge in [-0.25, -0.2) is 14.2 Å². The molecule has 0 aliphatic carbocycles. The summed E-state index contributed by atoms with van der Waals surface area (Å²) in [6.45, 7) is 4.38. The summed E-state index contributed by atoms with van der Waals surface area (Å²) in [5.41, 5.74) is 3.37. The van der Waals surface area contributed by atoms with Crippen molar-refractivity contribution in [2.45, 2.75) is 12.8 Å². The molecule has 0 bridgehead atoms. The average Bonchev–Trinajstić information content (AvgIpc) is 3.53. The van der Waals surface area contributed by atoms with Crippen LogP contribution in [0.25, 0.3) is 21.3 Å². The summed E-state index contributed by atoms with van der Waals surface area (Å²) in [5, 5.41) is 3.76. The summed E-state index contributed by atoms with van der Waals surface area (Å²) in [4.78, 5) is 21.9. The highest BCUT2D eigenvalue weighted by Gasteiger charge is 2.14. The topological polar surface area (TPSA) is 57.7 Å². The molecule has 1 aromatic heterocycles. The predicted octanol–water partition coefficient (Wildman–Crippen LogP) is 6.25. The number of likely N-dealkylation sites (N-methyl/N-ethyl adjacent to an activating group) is 1. The van der Waals surface area contributed by atoms with Gasteiger partial charge in [0.1, 0.15) is 11.6 Å². The minimum absolute atomic E-state index is 0.275. The highest BCUT2D eigenvalue weighted by molar-refractivity contribution is 7.22. The molecule has 3 aromatic carbocycles. The summed E-state index contributed by atoms with van der Waals surface area (Å²) in [7, 11) is 2.08. The largest absolute Gasteiger partial charge is 0.417 e. The third kappa shape index (κ3) is 5.78. The van der Waals surface area contributed by atoms with Crippen molar-refractivity contribution in [3.05, 3.63) is 72.5 Å². The van der Waals surface area contributed by atoms with Crippen LogP contribution >= 0.6 is 11.3 Å². The van der Waals surface area contributed by atoms with E-state index >= 15 is 0 Å². The number of halogens is 1. The lowest BCUT2D eigenvalue weighted by Crippen LogP contribution is -2.31. The van der Waals surface area contributed by atoms with Gasteiger partial charge in [0, 0.05) is 25.8 Å². The first-order valence-electron chi connectivity index (χ1n) is 11.7. The quantitative estimate of drug-likeness (QED) is 0.332. The number of nitrogens with zero attached hydrogens (tertiary/aromatic N) is 3. The lowest BCUT2D eigenvalue weighted by atomic mass is 10.1. The summed E-state index contributed by atoms with van der Waals surface area (Å²) in [6, 6.07) is 19.0. The van der Waals surface area contributed by atoms with E-state index in [1.807, 2.05) is 30.3 Å². The molecule has 180 valence electrons. The lowest BCUT2D eigenvalue weighted by molar-refractivity contribution is 0.215. The molecule has 0 atom stereocenters. The molecule has 0 saturated carbocycles. The Morgan fingerprint density at radius 3 is 2.46 bits per heavy atom. The second kappa shape index (κ2) is 10.4. The van der Waals surface area contributed by atoms with E-state index in [4.69, 9.17) is 9.72 Å². The van der Waals surface area contributed by atoms with Crippen LogP contribution in [0.2, 0.25) is 0 Å². The SMILES string of the molecule is CN(CCN1CCCC1)c1nc2ccc(NC(=O)Oc3ccc(-c4ccc(F)cc4)cc3)cc2s1. The average molecular weight is 491 g/mol. The van der Waals surface area contributed by atoms with Crippen LogP contribution in [0.3, 0.4) is 0 Å². The maximum atomic E-state index is 13.1. The van der Waals surface area contributed by atoms with Crippen molar-refractivity contribution < 1.29 is 13.9 Å². The van der Waals surface area contributed by atoms with Gasteiger partial charge in [-0.3, -0.25) is 5.32 Å². The lowest BCUT2D eigenvalue weighted by Gasteiger charge is -2.20. The number of hydrogen-bond acceptors (Lipinski definition) is 6. The van der Waals surface area contributed by atoms with E-state index in [2.05, 4.69) is 22.2 Å². The molecule has 0 unspecified atom stereocenters. The van der Waals surface area contributed by atoms with Crippen molar-refractivity contribution in [3.63, 3.8) is 0 Å². The normalized spacial score (nSPS) is 13.8.